The van der Waals surface area contributed by atoms with Crippen LogP contribution in [0.15, 0.2) is 53.4 Å². The van der Waals surface area contributed by atoms with Crippen LogP contribution < -0.4 is 4.31 Å². The Morgan fingerprint density at radius 2 is 1.43 bits per heavy atom. The van der Waals surface area contributed by atoms with Crippen molar-refractivity contribution >= 4 is 21.6 Å². The number of hydrogen-bond donors (Lipinski definition) is 0. The SMILES string of the molecule is Cc1ccc(N(CC(=O)N(C)C2CCCC2)S(=O)(=O)c2ccc(C)cc2)cc1. The van der Waals surface area contributed by atoms with Crippen LogP contribution >= 0.6 is 0 Å². The fourth-order valence-corrected chi connectivity index (χ4v) is 5.01. The first-order valence-electron chi connectivity index (χ1n) is 9.71. The van der Waals surface area contributed by atoms with Crippen LogP contribution in [0.3, 0.4) is 0 Å². The predicted molar refractivity (Wildman–Crippen MR) is 112 cm³/mol. The third kappa shape index (κ3) is 4.38. The van der Waals surface area contributed by atoms with E-state index in [1.807, 2.05) is 26.0 Å². The van der Waals surface area contributed by atoms with Gasteiger partial charge < -0.3 is 4.90 Å². The van der Waals surface area contributed by atoms with Crippen LogP contribution in [0.25, 0.3) is 0 Å². The maximum Gasteiger partial charge on any atom is 0.264 e. The maximum atomic E-state index is 13.4. The van der Waals surface area contributed by atoms with Gasteiger partial charge >= 0.3 is 0 Å². The molecule has 1 saturated carbocycles. The topological polar surface area (TPSA) is 57.7 Å². The van der Waals surface area contributed by atoms with E-state index in [4.69, 9.17) is 0 Å². The molecule has 0 aliphatic heterocycles. The van der Waals surface area contributed by atoms with Gasteiger partial charge in [0.2, 0.25) is 5.91 Å². The van der Waals surface area contributed by atoms with Crippen LogP contribution in [0.5, 0.6) is 0 Å². The van der Waals surface area contributed by atoms with Crippen molar-refractivity contribution in [3.05, 3.63) is 59.7 Å². The first-order valence-corrected chi connectivity index (χ1v) is 11.1. The number of hydrogen-bond acceptors (Lipinski definition) is 3. The normalized spacial score (nSPS) is 14.8. The molecule has 0 radical (unpaired) electrons. The second kappa shape index (κ2) is 8.35. The molecule has 0 atom stereocenters. The fourth-order valence-electron chi connectivity index (χ4n) is 3.59. The zero-order chi connectivity index (χ0) is 20.3. The largest absolute Gasteiger partial charge is 0.341 e. The summed E-state index contributed by atoms with van der Waals surface area (Å²) in [6, 6.07) is 14.2. The van der Waals surface area contributed by atoms with Gasteiger partial charge in [-0.1, -0.05) is 48.2 Å². The highest BCUT2D eigenvalue weighted by Gasteiger charge is 2.30. The maximum absolute atomic E-state index is 13.4. The summed E-state index contributed by atoms with van der Waals surface area (Å²) in [5.41, 5.74) is 2.52. The minimum absolute atomic E-state index is 0.178. The Labute approximate surface area is 168 Å². The molecule has 1 aliphatic rings. The molecule has 1 aliphatic carbocycles. The van der Waals surface area contributed by atoms with Crippen molar-refractivity contribution in [3.63, 3.8) is 0 Å². The fraction of sp³-hybridized carbons (Fsp3) is 0.409. The molecule has 0 heterocycles. The van der Waals surface area contributed by atoms with Gasteiger partial charge in [0.15, 0.2) is 0 Å². The molecule has 1 fully saturated rings. The Kier molecular flexibility index (Phi) is 6.08. The van der Waals surface area contributed by atoms with E-state index in [9.17, 15) is 13.2 Å². The van der Waals surface area contributed by atoms with Gasteiger partial charge in [0.05, 0.1) is 10.6 Å². The summed E-state index contributed by atoms with van der Waals surface area (Å²) in [6.07, 6.45) is 4.20. The van der Waals surface area contributed by atoms with E-state index in [0.29, 0.717) is 5.69 Å². The van der Waals surface area contributed by atoms with Crippen LogP contribution in [-0.2, 0) is 14.8 Å². The number of carbonyl (C=O) groups is 1. The van der Waals surface area contributed by atoms with E-state index in [0.717, 1.165) is 36.8 Å². The molecule has 1 amide bonds. The predicted octanol–water partition coefficient (Wildman–Crippen LogP) is 3.90. The van der Waals surface area contributed by atoms with E-state index >= 15 is 0 Å². The Morgan fingerprint density at radius 3 is 1.96 bits per heavy atom. The van der Waals surface area contributed by atoms with Crippen molar-refractivity contribution in [2.75, 3.05) is 17.9 Å². The number of aryl methyl sites for hydroxylation is 2. The lowest BCUT2D eigenvalue weighted by Gasteiger charge is -2.29. The Morgan fingerprint density at radius 1 is 0.929 bits per heavy atom. The van der Waals surface area contributed by atoms with Crippen LogP contribution in [0.4, 0.5) is 5.69 Å². The van der Waals surface area contributed by atoms with Gasteiger partial charge in [0.1, 0.15) is 6.54 Å². The van der Waals surface area contributed by atoms with Crippen molar-refractivity contribution in [1.29, 1.82) is 0 Å². The van der Waals surface area contributed by atoms with E-state index < -0.39 is 10.0 Å². The lowest BCUT2D eigenvalue weighted by atomic mass is 10.2. The van der Waals surface area contributed by atoms with E-state index in [1.54, 1.807) is 48.3 Å². The van der Waals surface area contributed by atoms with Crippen molar-refractivity contribution in [1.82, 2.24) is 4.90 Å². The molecule has 0 spiro atoms. The molecule has 2 aromatic carbocycles. The number of rotatable bonds is 6. The number of sulfonamides is 1. The molecule has 6 heteroatoms. The Balaban J connectivity index is 1.94. The van der Waals surface area contributed by atoms with Gasteiger partial charge in [-0.25, -0.2) is 8.42 Å². The molecule has 0 unspecified atom stereocenters. The second-order valence-electron chi connectivity index (χ2n) is 7.60. The third-order valence-electron chi connectivity index (χ3n) is 5.48. The number of likely N-dealkylation sites (N-methyl/N-ethyl adjacent to an activating group) is 1. The standard InChI is InChI=1S/C22H28N2O3S/c1-17-8-12-20(13-9-17)24(16-22(25)23(3)19-6-4-5-7-19)28(26,27)21-14-10-18(2)11-15-21/h8-15,19H,4-7,16H2,1-3H3. The van der Waals surface area contributed by atoms with E-state index in [-0.39, 0.29) is 23.4 Å². The monoisotopic (exact) mass is 400 g/mol. The van der Waals surface area contributed by atoms with E-state index in [2.05, 4.69) is 0 Å². The van der Waals surface area contributed by atoms with Crippen molar-refractivity contribution in [2.45, 2.75) is 50.5 Å². The quantitative estimate of drug-likeness (QED) is 0.739. The number of anilines is 1. The summed E-state index contributed by atoms with van der Waals surface area (Å²) in [6.45, 7) is 3.65. The number of carbonyl (C=O) groups excluding carboxylic acids is 1. The van der Waals surface area contributed by atoms with Gasteiger partial charge in [-0.15, -0.1) is 0 Å². The molecule has 2 aromatic rings. The summed E-state index contributed by atoms with van der Waals surface area (Å²) in [5.74, 6) is -0.178. The highest BCUT2D eigenvalue weighted by atomic mass is 32.2. The summed E-state index contributed by atoms with van der Waals surface area (Å²) >= 11 is 0. The summed E-state index contributed by atoms with van der Waals surface area (Å²) < 4.78 is 28.0. The lowest BCUT2D eigenvalue weighted by molar-refractivity contribution is -0.130. The van der Waals surface area contributed by atoms with Crippen molar-refractivity contribution in [2.24, 2.45) is 0 Å². The molecule has 5 nitrogen and oxygen atoms in total. The molecule has 150 valence electrons. The van der Waals surface area contributed by atoms with Gasteiger partial charge in [0, 0.05) is 13.1 Å². The highest BCUT2D eigenvalue weighted by molar-refractivity contribution is 7.92. The van der Waals surface area contributed by atoms with Crippen molar-refractivity contribution in [3.8, 4) is 0 Å². The third-order valence-corrected chi connectivity index (χ3v) is 7.26. The number of nitrogens with zero attached hydrogens (tertiary/aromatic N) is 2. The summed E-state index contributed by atoms with van der Waals surface area (Å²) in [7, 11) is -2.07. The molecule has 0 aromatic heterocycles. The average molecular weight is 401 g/mol. The van der Waals surface area contributed by atoms with Gasteiger partial charge in [-0.2, -0.15) is 0 Å². The van der Waals surface area contributed by atoms with Gasteiger partial charge in [-0.05, 0) is 51.0 Å². The molecular formula is C22H28N2O3S. The Bertz CT molecular complexity index is 915. The van der Waals surface area contributed by atoms with Crippen LogP contribution in [-0.4, -0.2) is 38.9 Å². The van der Waals surface area contributed by atoms with Gasteiger partial charge in [0.25, 0.3) is 10.0 Å². The molecule has 0 N–H and O–H groups in total. The van der Waals surface area contributed by atoms with Gasteiger partial charge in [-0.3, -0.25) is 9.10 Å². The Hall–Kier alpha value is -2.34. The van der Waals surface area contributed by atoms with Crippen molar-refractivity contribution < 1.29 is 13.2 Å². The van der Waals surface area contributed by atoms with E-state index in [1.165, 1.54) is 4.31 Å². The summed E-state index contributed by atoms with van der Waals surface area (Å²) in [5, 5.41) is 0. The lowest BCUT2D eigenvalue weighted by Crippen LogP contribution is -2.44. The minimum Gasteiger partial charge on any atom is -0.341 e. The first-order chi connectivity index (χ1) is 13.3. The zero-order valence-corrected chi connectivity index (χ0v) is 17.6. The molecule has 0 bridgehead atoms. The number of amides is 1. The number of benzene rings is 2. The first kappa shape index (κ1) is 20.4. The molecule has 3 rings (SSSR count). The minimum atomic E-state index is -3.85. The molecule has 28 heavy (non-hydrogen) atoms. The molecule has 0 saturated heterocycles. The van der Waals surface area contributed by atoms with Crippen LogP contribution in [0.1, 0.15) is 36.8 Å². The molecular weight excluding hydrogens is 372 g/mol. The highest BCUT2D eigenvalue weighted by Crippen LogP contribution is 2.26. The summed E-state index contributed by atoms with van der Waals surface area (Å²) in [4.78, 5) is 14.8. The zero-order valence-electron chi connectivity index (χ0n) is 16.8. The second-order valence-corrected chi connectivity index (χ2v) is 9.47. The van der Waals surface area contributed by atoms with Crippen LogP contribution in [0.2, 0.25) is 0 Å². The smallest absolute Gasteiger partial charge is 0.264 e. The van der Waals surface area contributed by atoms with Crippen LogP contribution in [0, 0.1) is 13.8 Å². The average Bonchev–Trinajstić information content (AvgIpc) is 3.21.